The maximum absolute atomic E-state index is 5.68. The van der Waals surface area contributed by atoms with Gasteiger partial charge in [0.2, 0.25) is 0 Å². The molecule has 0 saturated heterocycles. The Bertz CT molecular complexity index is 477. The van der Waals surface area contributed by atoms with Gasteiger partial charge in [-0.05, 0) is 39.2 Å². The maximum Gasteiger partial charge on any atom is 0.111 e. The van der Waals surface area contributed by atoms with Crippen LogP contribution in [0, 0.1) is 6.92 Å². The van der Waals surface area contributed by atoms with Gasteiger partial charge < -0.3 is 9.15 Å². The monoisotopic (exact) mass is 246 g/mol. The molecule has 1 unspecified atom stereocenters. The number of allylic oxidation sites excluding steroid dienone is 2. The van der Waals surface area contributed by atoms with Gasteiger partial charge in [0.15, 0.2) is 0 Å². The zero-order valence-electron chi connectivity index (χ0n) is 11.7. The van der Waals surface area contributed by atoms with Crippen molar-refractivity contribution >= 4 is 0 Å². The molecule has 1 atom stereocenters. The van der Waals surface area contributed by atoms with E-state index in [1.807, 2.05) is 6.26 Å². The largest absolute Gasteiger partial charge is 0.468 e. The molecule has 98 valence electrons. The molecule has 0 amide bonds. The van der Waals surface area contributed by atoms with Gasteiger partial charge in [0.25, 0.3) is 0 Å². The molecule has 1 aliphatic rings. The molecular formula is C16H22O2. The van der Waals surface area contributed by atoms with Crippen LogP contribution < -0.4 is 0 Å². The highest BCUT2D eigenvalue weighted by atomic mass is 16.5. The standard InChI is InChI=1S/C16H22O2/c1-11-5-6-15-13(3)10-18-16(15)9-12(2)8-14(7-11)17-4/h5,8,10,14H,6-7,9H2,1-4H3. The number of hydrogen-bond acceptors (Lipinski definition) is 2. The molecule has 0 aromatic carbocycles. The molecule has 1 aliphatic carbocycles. The highest BCUT2D eigenvalue weighted by Gasteiger charge is 2.14. The first-order valence-corrected chi connectivity index (χ1v) is 6.51. The molecule has 0 radical (unpaired) electrons. The number of aryl methyl sites for hydroxylation is 1. The van der Waals surface area contributed by atoms with Crippen molar-refractivity contribution in [2.45, 2.75) is 46.1 Å². The van der Waals surface area contributed by atoms with Crippen molar-refractivity contribution in [1.82, 2.24) is 0 Å². The molecule has 1 aromatic heterocycles. The third kappa shape index (κ3) is 2.94. The first-order valence-electron chi connectivity index (χ1n) is 6.51. The molecular weight excluding hydrogens is 224 g/mol. The minimum absolute atomic E-state index is 0.179. The number of methoxy groups -OCH3 is 1. The maximum atomic E-state index is 5.68. The molecule has 1 heterocycles. The van der Waals surface area contributed by atoms with Gasteiger partial charge in [0.05, 0.1) is 12.4 Å². The highest BCUT2D eigenvalue weighted by Crippen LogP contribution is 2.24. The molecule has 2 heteroatoms. The van der Waals surface area contributed by atoms with E-state index in [0.29, 0.717) is 0 Å². The molecule has 0 N–H and O–H groups in total. The van der Waals surface area contributed by atoms with Crippen LogP contribution in [0.3, 0.4) is 0 Å². The molecule has 2 nitrogen and oxygen atoms in total. The fraction of sp³-hybridized carbons (Fsp3) is 0.500. The van der Waals surface area contributed by atoms with E-state index in [0.717, 1.165) is 25.0 Å². The van der Waals surface area contributed by atoms with E-state index in [2.05, 4.69) is 32.9 Å². The van der Waals surface area contributed by atoms with Gasteiger partial charge in [-0.15, -0.1) is 0 Å². The predicted molar refractivity (Wildman–Crippen MR) is 73.8 cm³/mol. The van der Waals surface area contributed by atoms with Crippen molar-refractivity contribution in [3.63, 3.8) is 0 Å². The SMILES string of the molecule is COC1C=C(C)Cc2occ(C)c2CC=C(C)C1. The lowest BCUT2D eigenvalue weighted by Gasteiger charge is -2.15. The quantitative estimate of drug-likeness (QED) is 0.699. The Morgan fingerprint density at radius 1 is 1.22 bits per heavy atom. The summed E-state index contributed by atoms with van der Waals surface area (Å²) in [4.78, 5) is 0. The van der Waals surface area contributed by atoms with Crippen LogP contribution in [-0.4, -0.2) is 13.2 Å². The third-order valence-electron chi connectivity index (χ3n) is 3.58. The number of hydrogen-bond donors (Lipinski definition) is 0. The highest BCUT2D eigenvalue weighted by molar-refractivity contribution is 5.33. The van der Waals surface area contributed by atoms with Gasteiger partial charge in [-0.1, -0.05) is 23.3 Å². The molecule has 0 spiro atoms. The second kappa shape index (κ2) is 5.57. The normalized spacial score (nSPS) is 21.0. The summed E-state index contributed by atoms with van der Waals surface area (Å²) in [6, 6.07) is 0. The van der Waals surface area contributed by atoms with E-state index < -0.39 is 0 Å². The van der Waals surface area contributed by atoms with Crippen LogP contribution in [0.15, 0.2) is 34.0 Å². The Morgan fingerprint density at radius 2 is 2.00 bits per heavy atom. The summed E-state index contributed by atoms with van der Waals surface area (Å²) in [5, 5.41) is 0. The lowest BCUT2D eigenvalue weighted by Crippen LogP contribution is -2.10. The average molecular weight is 246 g/mol. The van der Waals surface area contributed by atoms with Crippen LogP contribution in [0.2, 0.25) is 0 Å². The summed E-state index contributed by atoms with van der Waals surface area (Å²) >= 11 is 0. The lowest BCUT2D eigenvalue weighted by atomic mass is 9.97. The van der Waals surface area contributed by atoms with Crippen LogP contribution in [0.1, 0.15) is 37.2 Å². The molecule has 0 bridgehead atoms. The van der Waals surface area contributed by atoms with E-state index in [1.165, 1.54) is 22.3 Å². The molecule has 0 aliphatic heterocycles. The summed E-state index contributed by atoms with van der Waals surface area (Å²) in [6.45, 7) is 6.44. The van der Waals surface area contributed by atoms with Crippen LogP contribution in [0.5, 0.6) is 0 Å². The molecule has 0 fully saturated rings. The minimum atomic E-state index is 0.179. The van der Waals surface area contributed by atoms with Gasteiger partial charge in [-0.25, -0.2) is 0 Å². The summed E-state index contributed by atoms with van der Waals surface area (Å²) in [5.41, 5.74) is 5.29. The van der Waals surface area contributed by atoms with Gasteiger partial charge >= 0.3 is 0 Å². The van der Waals surface area contributed by atoms with Crippen molar-refractivity contribution in [3.05, 3.63) is 46.4 Å². The molecule has 1 aromatic rings. The molecule has 0 saturated carbocycles. The number of furan rings is 1. The zero-order chi connectivity index (χ0) is 13.1. The van der Waals surface area contributed by atoms with Gasteiger partial charge in [-0.2, -0.15) is 0 Å². The smallest absolute Gasteiger partial charge is 0.111 e. The van der Waals surface area contributed by atoms with Crippen LogP contribution in [0.25, 0.3) is 0 Å². The number of fused-ring (bicyclic) bond motifs is 1. The van der Waals surface area contributed by atoms with E-state index in [1.54, 1.807) is 7.11 Å². The summed E-state index contributed by atoms with van der Waals surface area (Å²) in [5.74, 6) is 1.10. The fourth-order valence-corrected chi connectivity index (χ4v) is 2.46. The third-order valence-corrected chi connectivity index (χ3v) is 3.58. The van der Waals surface area contributed by atoms with E-state index in [4.69, 9.17) is 9.15 Å². The summed E-state index contributed by atoms with van der Waals surface area (Å²) in [7, 11) is 1.77. The Hall–Kier alpha value is -1.28. The number of ether oxygens (including phenoxy) is 1. The van der Waals surface area contributed by atoms with Crippen LogP contribution >= 0.6 is 0 Å². The predicted octanol–water partition coefficient (Wildman–Crippen LogP) is 3.98. The second-order valence-electron chi connectivity index (χ2n) is 5.24. The Labute approximate surface area is 109 Å². The van der Waals surface area contributed by atoms with Crippen LogP contribution in [0.4, 0.5) is 0 Å². The first kappa shape index (κ1) is 13.2. The van der Waals surface area contributed by atoms with Gasteiger partial charge in [0, 0.05) is 19.1 Å². The van der Waals surface area contributed by atoms with Gasteiger partial charge in [-0.3, -0.25) is 0 Å². The van der Waals surface area contributed by atoms with E-state index in [-0.39, 0.29) is 6.10 Å². The molecule has 2 rings (SSSR count). The van der Waals surface area contributed by atoms with Crippen molar-refractivity contribution in [3.8, 4) is 0 Å². The Balaban J connectivity index is 2.37. The second-order valence-corrected chi connectivity index (χ2v) is 5.24. The topological polar surface area (TPSA) is 22.4 Å². The molecule has 18 heavy (non-hydrogen) atoms. The van der Waals surface area contributed by atoms with Crippen molar-refractivity contribution in [2.24, 2.45) is 0 Å². The summed E-state index contributed by atoms with van der Waals surface area (Å²) in [6.07, 6.45) is 9.38. The summed E-state index contributed by atoms with van der Waals surface area (Å²) < 4.78 is 11.2. The Kier molecular flexibility index (Phi) is 4.07. The average Bonchev–Trinajstić information content (AvgIpc) is 2.66. The zero-order valence-corrected chi connectivity index (χ0v) is 11.7. The number of rotatable bonds is 1. The van der Waals surface area contributed by atoms with E-state index in [9.17, 15) is 0 Å². The fourth-order valence-electron chi connectivity index (χ4n) is 2.46. The van der Waals surface area contributed by atoms with Crippen molar-refractivity contribution in [1.29, 1.82) is 0 Å². The first-order chi connectivity index (χ1) is 8.60. The van der Waals surface area contributed by atoms with E-state index >= 15 is 0 Å². The Morgan fingerprint density at radius 3 is 2.72 bits per heavy atom. The van der Waals surface area contributed by atoms with Crippen molar-refractivity contribution < 1.29 is 9.15 Å². The van der Waals surface area contributed by atoms with Crippen LogP contribution in [-0.2, 0) is 17.6 Å². The minimum Gasteiger partial charge on any atom is -0.468 e. The van der Waals surface area contributed by atoms with Crippen molar-refractivity contribution in [2.75, 3.05) is 7.11 Å². The lowest BCUT2D eigenvalue weighted by molar-refractivity contribution is 0.140. The van der Waals surface area contributed by atoms with Gasteiger partial charge in [0.1, 0.15) is 5.76 Å².